The number of rotatable bonds is 7. The maximum Gasteiger partial charge on any atom is 0.258 e. The van der Waals surface area contributed by atoms with Gasteiger partial charge in [0, 0.05) is 5.02 Å². The van der Waals surface area contributed by atoms with Crippen LogP contribution in [0.25, 0.3) is 0 Å². The molecule has 0 unspecified atom stereocenters. The Balaban J connectivity index is 1.99. The van der Waals surface area contributed by atoms with Crippen molar-refractivity contribution < 1.29 is 9.53 Å². The summed E-state index contributed by atoms with van der Waals surface area (Å²) in [5, 5.41) is 3.82. The molecule has 0 spiro atoms. The minimum absolute atomic E-state index is 0.00834. The van der Waals surface area contributed by atoms with E-state index in [4.69, 9.17) is 16.3 Å². The number of hydrogen-bond acceptors (Lipinski definition) is 2. The van der Waals surface area contributed by atoms with Crippen LogP contribution >= 0.6 is 11.6 Å². The number of halogens is 1. The summed E-state index contributed by atoms with van der Waals surface area (Å²) in [6.45, 7) is 8.14. The van der Waals surface area contributed by atoms with Crippen LogP contribution in [0.3, 0.4) is 0 Å². The van der Waals surface area contributed by atoms with Crippen LogP contribution in [0.2, 0.25) is 5.02 Å². The van der Waals surface area contributed by atoms with E-state index in [1.54, 1.807) is 0 Å². The highest BCUT2D eigenvalue weighted by Crippen LogP contribution is 2.26. The first-order chi connectivity index (χ1) is 11.9. The first kappa shape index (κ1) is 19.3. The lowest BCUT2D eigenvalue weighted by atomic mass is 9.97. The highest BCUT2D eigenvalue weighted by atomic mass is 35.5. The van der Waals surface area contributed by atoms with Gasteiger partial charge in [-0.3, -0.25) is 4.79 Å². The van der Waals surface area contributed by atoms with Crippen molar-refractivity contribution >= 4 is 17.5 Å². The maximum atomic E-state index is 12.4. The number of amides is 1. The standard InChI is InChI=1S/C21H26ClNO2/c1-14(2)10-19(17-8-6-5-7-9-17)23-20(24)13-25-18-11-15(3)21(22)16(4)12-18/h5-9,11-12,14,19H,10,13H2,1-4H3,(H,23,24)/t19-/m0/s1. The lowest BCUT2D eigenvalue weighted by Gasteiger charge is -2.21. The fourth-order valence-corrected chi connectivity index (χ4v) is 2.92. The molecule has 0 aliphatic heterocycles. The highest BCUT2D eigenvalue weighted by Gasteiger charge is 2.16. The molecular weight excluding hydrogens is 334 g/mol. The van der Waals surface area contributed by atoms with Crippen LogP contribution in [0, 0.1) is 19.8 Å². The molecular formula is C21H26ClNO2. The summed E-state index contributed by atoms with van der Waals surface area (Å²) in [5.74, 6) is 1.02. The Morgan fingerprint density at radius 2 is 1.72 bits per heavy atom. The Morgan fingerprint density at radius 1 is 1.12 bits per heavy atom. The smallest absolute Gasteiger partial charge is 0.258 e. The van der Waals surface area contributed by atoms with Gasteiger partial charge in [-0.1, -0.05) is 55.8 Å². The van der Waals surface area contributed by atoms with E-state index in [0.717, 1.165) is 28.1 Å². The van der Waals surface area contributed by atoms with Gasteiger partial charge in [-0.25, -0.2) is 0 Å². The zero-order valence-electron chi connectivity index (χ0n) is 15.3. The Morgan fingerprint density at radius 3 is 2.28 bits per heavy atom. The molecule has 2 aromatic rings. The van der Waals surface area contributed by atoms with E-state index in [2.05, 4.69) is 19.2 Å². The monoisotopic (exact) mass is 359 g/mol. The zero-order valence-corrected chi connectivity index (χ0v) is 16.1. The fourth-order valence-electron chi connectivity index (χ4n) is 2.81. The summed E-state index contributed by atoms with van der Waals surface area (Å²) in [4.78, 5) is 12.4. The van der Waals surface area contributed by atoms with Crippen molar-refractivity contribution in [2.24, 2.45) is 5.92 Å². The molecule has 2 aromatic carbocycles. The van der Waals surface area contributed by atoms with Crippen molar-refractivity contribution in [3.8, 4) is 5.75 Å². The van der Waals surface area contributed by atoms with Gasteiger partial charge >= 0.3 is 0 Å². The second kappa shape index (κ2) is 8.91. The van der Waals surface area contributed by atoms with Crippen LogP contribution in [-0.4, -0.2) is 12.5 Å². The molecule has 0 aliphatic carbocycles. The summed E-state index contributed by atoms with van der Waals surface area (Å²) < 4.78 is 5.66. The molecule has 1 amide bonds. The molecule has 1 atom stereocenters. The normalized spacial score (nSPS) is 12.1. The molecule has 25 heavy (non-hydrogen) atoms. The van der Waals surface area contributed by atoms with E-state index in [1.165, 1.54) is 0 Å². The molecule has 0 saturated heterocycles. The van der Waals surface area contributed by atoms with Gasteiger partial charge in [-0.15, -0.1) is 0 Å². The van der Waals surface area contributed by atoms with Gasteiger partial charge in [-0.05, 0) is 55.0 Å². The number of carbonyl (C=O) groups excluding carboxylic acids is 1. The van der Waals surface area contributed by atoms with Gasteiger partial charge in [0.25, 0.3) is 5.91 Å². The van der Waals surface area contributed by atoms with Crippen molar-refractivity contribution in [3.63, 3.8) is 0 Å². The Hall–Kier alpha value is -2.00. The average molecular weight is 360 g/mol. The summed E-state index contributed by atoms with van der Waals surface area (Å²) in [5.41, 5.74) is 3.00. The second-order valence-corrected chi connectivity index (χ2v) is 7.20. The summed E-state index contributed by atoms with van der Waals surface area (Å²) in [6, 6.07) is 13.7. The third kappa shape index (κ3) is 5.79. The molecule has 0 fully saturated rings. The zero-order chi connectivity index (χ0) is 18.4. The summed E-state index contributed by atoms with van der Waals surface area (Å²) in [6.07, 6.45) is 0.884. The van der Waals surface area contributed by atoms with Crippen LogP contribution in [-0.2, 0) is 4.79 Å². The molecule has 1 N–H and O–H groups in total. The summed E-state index contributed by atoms with van der Waals surface area (Å²) >= 11 is 6.16. The van der Waals surface area contributed by atoms with Crippen molar-refractivity contribution in [2.75, 3.05) is 6.61 Å². The number of nitrogens with one attached hydrogen (secondary N) is 1. The first-order valence-corrected chi connectivity index (χ1v) is 8.98. The van der Waals surface area contributed by atoms with Gasteiger partial charge in [0.05, 0.1) is 6.04 Å². The molecule has 0 aliphatic rings. The number of benzene rings is 2. The van der Waals surface area contributed by atoms with E-state index in [-0.39, 0.29) is 18.6 Å². The Labute approximate surface area is 155 Å². The lowest BCUT2D eigenvalue weighted by molar-refractivity contribution is -0.124. The van der Waals surface area contributed by atoms with E-state index in [1.807, 2.05) is 56.3 Å². The molecule has 134 valence electrons. The number of aryl methyl sites for hydroxylation is 2. The van der Waals surface area contributed by atoms with Crippen LogP contribution < -0.4 is 10.1 Å². The van der Waals surface area contributed by atoms with Crippen LogP contribution in [0.4, 0.5) is 0 Å². The van der Waals surface area contributed by atoms with Crippen molar-refractivity contribution in [1.82, 2.24) is 5.32 Å². The van der Waals surface area contributed by atoms with Crippen LogP contribution in [0.1, 0.15) is 43.0 Å². The summed E-state index contributed by atoms with van der Waals surface area (Å²) in [7, 11) is 0. The van der Waals surface area contributed by atoms with Gasteiger partial charge in [-0.2, -0.15) is 0 Å². The number of carbonyl (C=O) groups is 1. The third-order valence-corrected chi connectivity index (χ3v) is 4.62. The topological polar surface area (TPSA) is 38.3 Å². The van der Waals surface area contributed by atoms with Crippen molar-refractivity contribution in [2.45, 2.75) is 40.2 Å². The van der Waals surface area contributed by atoms with Crippen LogP contribution in [0.15, 0.2) is 42.5 Å². The SMILES string of the molecule is Cc1cc(OCC(=O)N[C@@H](CC(C)C)c2ccccc2)cc(C)c1Cl. The molecule has 3 nitrogen and oxygen atoms in total. The first-order valence-electron chi connectivity index (χ1n) is 8.60. The highest BCUT2D eigenvalue weighted by molar-refractivity contribution is 6.32. The Bertz CT molecular complexity index is 690. The predicted octanol–water partition coefficient (Wildman–Crippen LogP) is 5.24. The quantitative estimate of drug-likeness (QED) is 0.734. The molecule has 2 rings (SSSR count). The number of ether oxygens (including phenoxy) is 1. The molecule has 4 heteroatoms. The predicted molar refractivity (Wildman–Crippen MR) is 103 cm³/mol. The molecule has 0 saturated carbocycles. The largest absolute Gasteiger partial charge is 0.484 e. The Kier molecular flexibility index (Phi) is 6.89. The van der Waals surface area contributed by atoms with Gasteiger partial charge in [0.1, 0.15) is 5.75 Å². The second-order valence-electron chi connectivity index (χ2n) is 6.82. The molecule has 0 radical (unpaired) electrons. The van der Waals surface area contributed by atoms with Crippen molar-refractivity contribution in [1.29, 1.82) is 0 Å². The minimum Gasteiger partial charge on any atom is -0.484 e. The maximum absolute atomic E-state index is 12.4. The average Bonchev–Trinajstić information content (AvgIpc) is 2.57. The van der Waals surface area contributed by atoms with Crippen molar-refractivity contribution in [3.05, 3.63) is 64.2 Å². The van der Waals surface area contributed by atoms with Crippen LogP contribution in [0.5, 0.6) is 5.75 Å². The van der Waals surface area contributed by atoms with E-state index >= 15 is 0 Å². The lowest BCUT2D eigenvalue weighted by Crippen LogP contribution is -2.33. The van der Waals surface area contributed by atoms with E-state index in [9.17, 15) is 4.79 Å². The van der Waals surface area contributed by atoms with Gasteiger partial charge in [0.2, 0.25) is 0 Å². The van der Waals surface area contributed by atoms with E-state index < -0.39 is 0 Å². The third-order valence-electron chi connectivity index (χ3n) is 4.02. The van der Waals surface area contributed by atoms with Gasteiger partial charge < -0.3 is 10.1 Å². The molecule has 0 bridgehead atoms. The number of hydrogen-bond donors (Lipinski definition) is 1. The molecule has 0 aromatic heterocycles. The van der Waals surface area contributed by atoms with Gasteiger partial charge in [0.15, 0.2) is 6.61 Å². The fraction of sp³-hybridized carbons (Fsp3) is 0.381. The van der Waals surface area contributed by atoms with E-state index in [0.29, 0.717) is 11.7 Å². The minimum atomic E-state index is -0.125. The molecule has 0 heterocycles.